The van der Waals surface area contributed by atoms with Crippen LogP contribution in [-0.2, 0) is 5.41 Å². The van der Waals surface area contributed by atoms with Crippen molar-refractivity contribution in [3.63, 3.8) is 0 Å². The third-order valence-electron chi connectivity index (χ3n) is 3.67. The number of carbonyl (C=O) groups excluding carboxylic acids is 1. The molecule has 2 aromatic rings. The molecule has 0 saturated heterocycles. The van der Waals surface area contributed by atoms with Crippen molar-refractivity contribution in [1.29, 1.82) is 0 Å². The lowest BCUT2D eigenvalue weighted by atomic mass is 9.87. The summed E-state index contributed by atoms with van der Waals surface area (Å²) in [4.78, 5) is 12.2. The fourth-order valence-corrected chi connectivity index (χ4v) is 2.11. The van der Waals surface area contributed by atoms with Crippen molar-refractivity contribution in [3.8, 4) is 0 Å². The first-order valence-electron chi connectivity index (χ1n) is 7.58. The number of carbonyl (C=O) groups is 1. The van der Waals surface area contributed by atoms with Crippen LogP contribution in [0.25, 0.3) is 0 Å². The van der Waals surface area contributed by atoms with E-state index in [1.807, 2.05) is 43.3 Å². The van der Waals surface area contributed by atoms with Crippen molar-refractivity contribution < 1.29 is 4.79 Å². The van der Waals surface area contributed by atoms with Gasteiger partial charge in [0.15, 0.2) is 0 Å². The Kier molecular flexibility index (Phi) is 4.84. The van der Waals surface area contributed by atoms with E-state index in [1.165, 1.54) is 5.56 Å². The Morgan fingerprint density at radius 3 is 2.00 bits per heavy atom. The van der Waals surface area contributed by atoms with Crippen LogP contribution < -0.4 is 11.2 Å². The van der Waals surface area contributed by atoms with E-state index in [0.29, 0.717) is 11.3 Å². The summed E-state index contributed by atoms with van der Waals surface area (Å²) in [5.74, 6) is -0.222. The molecule has 0 radical (unpaired) electrons. The van der Waals surface area contributed by atoms with Gasteiger partial charge >= 0.3 is 0 Å². The Labute approximate surface area is 137 Å². The topological polar surface area (TPSA) is 67.5 Å². The number of hydrogen-bond donors (Lipinski definition) is 2. The number of anilines is 1. The van der Waals surface area contributed by atoms with E-state index < -0.39 is 0 Å². The van der Waals surface area contributed by atoms with Gasteiger partial charge in [0.05, 0.1) is 5.71 Å². The van der Waals surface area contributed by atoms with Gasteiger partial charge in [-0.05, 0) is 47.7 Å². The summed E-state index contributed by atoms with van der Waals surface area (Å²) in [5.41, 5.74) is 12.4. The van der Waals surface area contributed by atoms with Gasteiger partial charge in [0, 0.05) is 11.3 Å². The highest BCUT2D eigenvalue weighted by Gasteiger charge is 2.14. The fraction of sp³-hybridized carbons (Fsp3) is 0.263. The van der Waals surface area contributed by atoms with Gasteiger partial charge in [-0.25, -0.2) is 5.43 Å². The largest absolute Gasteiger partial charge is 0.399 e. The zero-order valence-corrected chi connectivity index (χ0v) is 14.1. The summed E-state index contributed by atoms with van der Waals surface area (Å²) in [7, 11) is 0. The first kappa shape index (κ1) is 16.7. The maximum Gasteiger partial charge on any atom is 0.271 e. The number of nitrogens with one attached hydrogen (secondary N) is 1. The molecule has 0 atom stereocenters. The van der Waals surface area contributed by atoms with Gasteiger partial charge in [0.1, 0.15) is 0 Å². The summed E-state index contributed by atoms with van der Waals surface area (Å²) in [6.07, 6.45) is 0. The number of hydrazone groups is 1. The molecule has 0 bridgehead atoms. The summed E-state index contributed by atoms with van der Waals surface area (Å²) in [6.45, 7) is 8.27. The van der Waals surface area contributed by atoms with Gasteiger partial charge in [-0.1, -0.05) is 45.0 Å². The van der Waals surface area contributed by atoms with Crippen LogP contribution in [0.15, 0.2) is 53.6 Å². The van der Waals surface area contributed by atoms with E-state index in [9.17, 15) is 4.79 Å². The Morgan fingerprint density at radius 1 is 0.957 bits per heavy atom. The van der Waals surface area contributed by atoms with Crippen LogP contribution in [-0.4, -0.2) is 11.6 Å². The molecule has 0 aliphatic carbocycles. The normalized spacial score (nSPS) is 12.1. The van der Waals surface area contributed by atoms with E-state index in [4.69, 9.17) is 5.73 Å². The number of amides is 1. The zero-order chi connectivity index (χ0) is 17.0. The van der Waals surface area contributed by atoms with Crippen LogP contribution in [0.4, 0.5) is 5.69 Å². The molecule has 2 aromatic carbocycles. The Balaban J connectivity index is 2.07. The van der Waals surface area contributed by atoms with Crippen molar-refractivity contribution in [3.05, 3.63) is 65.2 Å². The van der Waals surface area contributed by atoms with E-state index in [1.54, 1.807) is 12.1 Å². The molecular formula is C19H23N3O. The van der Waals surface area contributed by atoms with Crippen molar-refractivity contribution in [2.75, 3.05) is 5.73 Å². The Morgan fingerprint density at radius 2 is 1.48 bits per heavy atom. The van der Waals surface area contributed by atoms with Gasteiger partial charge < -0.3 is 5.73 Å². The van der Waals surface area contributed by atoms with Gasteiger partial charge in [-0.15, -0.1) is 0 Å². The van der Waals surface area contributed by atoms with Crippen molar-refractivity contribution in [1.82, 2.24) is 5.43 Å². The minimum absolute atomic E-state index is 0.0684. The van der Waals surface area contributed by atoms with E-state index in [2.05, 4.69) is 31.3 Å². The van der Waals surface area contributed by atoms with Crippen LogP contribution in [0, 0.1) is 0 Å². The summed E-state index contributed by atoms with van der Waals surface area (Å²) in [5, 5.41) is 4.15. The monoisotopic (exact) mass is 309 g/mol. The molecule has 120 valence electrons. The number of benzene rings is 2. The molecule has 23 heavy (non-hydrogen) atoms. The highest BCUT2D eigenvalue weighted by Crippen LogP contribution is 2.22. The summed E-state index contributed by atoms with van der Waals surface area (Å²) < 4.78 is 0. The van der Waals surface area contributed by atoms with E-state index in [-0.39, 0.29) is 11.3 Å². The van der Waals surface area contributed by atoms with E-state index in [0.717, 1.165) is 11.3 Å². The second-order valence-corrected chi connectivity index (χ2v) is 6.59. The summed E-state index contributed by atoms with van der Waals surface area (Å²) >= 11 is 0. The van der Waals surface area contributed by atoms with Crippen LogP contribution in [0.5, 0.6) is 0 Å². The van der Waals surface area contributed by atoms with Crippen LogP contribution in [0.1, 0.15) is 49.2 Å². The van der Waals surface area contributed by atoms with Crippen LogP contribution >= 0.6 is 0 Å². The minimum Gasteiger partial charge on any atom is -0.399 e. The lowest BCUT2D eigenvalue weighted by Gasteiger charge is -2.18. The molecule has 2 rings (SSSR count). The smallest absolute Gasteiger partial charge is 0.271 e. The molecule has 0 aliphatic rings. The lowest BCUT2D eigenvalue weighted by molar-refractivity contribution is 0.0955. The fourth-order valence-electron chi connectivity index (χ4n) is 2.11. The maximum absolute atomic E-state index is 12.2. The van der Waals surface area contributed by atoms with Gasteiger partial charge in [0.25, 0.3) is 5.91 Å². The van der Waals surface area contributed by atoms with Crippen molar-refractivity contribution >= 4 is 17.3 Å². The Hall–Kier alpha value is -2.62. The zero-order valence-electron chi connectivity index (χ0n) is 14.1. The average molecular weight is 309 g/mol. The molecule has 0 saturated carbocycles. The second-order valence-electron chi connectivity index (χ2n) is 6.59. The first-order chi connectivity index (χ1) is 10.8. The number of nitrogen functional groups attached to an aromatic ring is 1. The van der Waals surface area contributed by atoms with Crippen LogP contribution in [0.2, 0.25) is 0 Å². The minimum atomic E-state index is -0.222. The van der Waals surface area contributed by atoms with E-state index >= 15 is 0 Å². The molecule has 0 spiro atoms. The number of rotatable bonds is 3. The lowest BCUT2D eigenvalue weighted by Crippen LogP contribution is -2.20. The molecule has 0 unspecified atom stereocenters. The highest BCUT2D eigenvalue weighted by molar-refractivity contribution is 6.01. The van der Waals surface area contributed by atoms with Gasteiger partial charge in [-0.2, -0.15) is 5.10 Å². The highest BCUT2D eigenvalue weighted by atomic mass is 16.2. The maximum atomic E-state index is 12.2. The number of nitrogens with two attached hydrogens (primary N) is 1. The molecule has 0 heterocycles. The Bertz CT molecular complexity index is 708. The predicted molar refractivity (Wildman–Crippen MR) is 95.7 cm³/mol. The SMILES string of the molecule is CC(=NNC(=O)c1ccc(C(C)(C)C)cc1)c1ccc(N)cc1. The third kappa shape index (κ3) is 4.42. The van der Waals surface area contributed by atoms with Crippen molar-refractivity contribution in [2.24, 2.45) is 5.10 Å². The quantitative estimate of drug-likeness (QED) is 0.515. The molecule has 0 aromatic heterocycles. The molecule has 1 amide bonds. The van der Waals surface area contributed by atoms with Gasteiger partial charge in [0.2, 0.25) is 0 Å². The average Bonchev–Trinajstić information content (AvgIpc) is 2.52. The van der Waals surface area contributed by atoms with Crippen molar-refractivity contribution in [2.45, 2.75) is 33.1 Å². The van der Waals surface area contributed by atoms with Gasteiger partial charge in [-0.3, -0.25) is 4.79 Å². The number of hydrogen-bond acceptors (Lipinski definition) is 3. The predicted octanol–water partition coefficient (Wildman–Crippen LogP) is 3.72. The molecular weight excluding hydrogens is 286 g/mol. The molecule has 0 aliphatic heterocycles. The molecule has 0 fully saturated rings. The third-order valence-corrected chi connectivity index (χ3v) is 3.67. The molecule has 3 N–H and O–H groups in total. The molecule has 4 heteroatoms. The second kappa shape index (κ2) is 6.65. The van der Waals surface area contributed by atoms with Crippen LogP contribution in [0.3, 0.4) is 0 Å². The standard InChI is InChI=1S/C19H23N3O/c1-13(14-7-11-17(20)12-8-14)21-22-18(23)15-5-9-16(10-6-15)19(2,3)4/h5-12H,20H2,1-4H3,(H,22,23). The first-order valence-corrected chi connectivity index (χ1v) is 7.58. The summed E-state index contributed by atoms with van der Waals surface area (Å²) in [6, 6.07) is 15.0. The number of nitrogens with zero attached hydrogens (tertiary/aromatic N) is 1. The molecule has 4 nitrogen and oxygen atoms in total.